The highest BCUT2D eigenvalue weighted by atomic mass is 32.2. The minimum atomic E-state index is -4.12. The van der Waals surface area contributed by atoms with Crippen molar-refractivity contribution >= 4 is 27.2 Å². The molecule has 0 saturated carbocycles. The fourth-order valence-electron chi connectivity index (χ4n) is 4.66. The average Bonchev–Trinajstić information content (AvgIpc) is 3.38. The first-order valence-electron chi connectivity index (χ1n) is 12.3. The fraction of sp³-hybridized carbons (Fsp3) is 0.129. The summed E-state index contributed by atoms with van der Waals surface area (Å²) in [6.07, 6.45) is 0.630. The second-order valence-corrected chi connectivity index (χ2v) is 10.6. The van der Waals surface area contributed by atoms with Gasteiger partial charge in [-0.1, -0.05) is 48.5 Å². The van der Waals surface area contributed by atoms with Crippen LogP contribution >= 0.6 is 0 Å². The SMILES string of the molecule is COc1cc(C=O)c(-c2cc3cc(OCc4ccccc4)ccc3n2S(=O)(=O)c2ccccc2)c(OC)c1OC. The molecule has 0 bridgehead atoms. The molecule has 8 nitrogen and oxygen atoms in total. The fourth-order valence-corrected chi connectivity index (χ4v) is 6.20. The summed E-state index contributed by atoms with van der Waals surface area (Å²) in [6, 6.07) is 26.2. The minimum absolute atomic E-state index is 0.0882. The summed E-state index contributed by atoms with van der Waals surface area (Å²) in [7, 11) is 0.184. The Kier molecular flexibility index (Phi) is 7.48. The van der Waals surface area contributed by atoms with Crippen molar-refractivity contribution in [1.29, 1.82) is 0 Å². The first-order valence-corrected chi connectivity index (χ1v) is 13.8. The molecule has 0 aliphatic heterocycles. The number of hydrogen-bond acceptors (Lipinski definition) is 7. The van der Waals surface area contributed by atoms with Crippen molar-refractivity contribution in [3.05, 3.63) is 102 Å². The van der Waals surface area contributed by atoms with Crippen molar-refractivity contribution in [2.45, 2.75) is 11.5 Å². The van der Waals surface area contributed by atoms with Crippen LogP contribution in [0.1, 0.15) is 15.9 Å². The second-order valence-electron chi connectivity index (χ2n) is 8.83. The van der Waals surface area contributed by atoms with E-state index in [1.807, 2.05) is 30.3 Å². The van der Waals surface area contributed by atoms with Gasteiger partial charge in [-0.05, 0) is 48.0 Å². The van der Waals surface area contributed by atoms with Crippen LogP contribution in [0.25, 0.3) is 22.2 Å². The number of aldehydes is 1. The van der Waals surface area contributed by atoms with E-state index in [9.17, 15) is 13.2 Å². The second kappa shape index (κ2) is 11.2. The van der Waals surface area contributed by atoms with Crippen LogP contribution in [0, 0.1) is 0 Å². The van der Waals surface area contributed by atoms with E-state index in [4.69, 9.17) is 18.9 Å². The van der Waals surface area contributed by atoms with E-state index in [2.05, 4.69) is 0 Å². The number of hydrogen-bond donors (Lipinski definition) is 0. The molecule has 0 radical (unpaired) electrons. The molecule has 0 amide bonds. The topological polar surface area (TPSA) is 93.1 Å². The van der Waals surface area contributed by atoms with Crippen molar-refractivity contribution in [2.24, 2.45) is 0 Å². The predicted octanol–water partition coefficient (Wildman–Crippen LogP) is 5.96. The Labute approximate surface area is 232 Å². The highest BCUT2D eigenvalue weighted by Crippen LogP contribution is 2.48. The van der Waals surface area contributed by atoms with E-state index >= 15 is 0 Å². The molecular weight excluding hydrogens is 530 g/mol. The molecule has 40 heavy (non-hydrogen) atoms. The summed E-state index contributed by atoms with van der Waals surface area (Å²) >= 11 is 0. The van der Waals surface area contributed by atoms with Crippen LogP contribution in [0.5, 0.6) is 23.0 Å². The Morgan fingerprint density at radius 2 is 1.45 bits per heavy atom. The molecule has 0 N–H and O–H groups in total. The van der Waals surface area contributed by atoms with Crippen LogP contribution in [0.15, 0.2) is 95.9 Å². The number of rotatable bonds is 10. The van der Waals surface area contributed by atoms with Gasteiger partial charge in [-0.2, -0.15) is 0 Å². The normalized spacial score (nSPS) is 11.3. The molecule has 5 aromatic rings. The number of ether oxygens (including phenoxy) is 4. The number of fused-ring (bicyclic) bond motifs is 1. The van der Waals surface area contributed by atoms with Crippen molar-refractivity contribution in [1.82, 2.24) is 3.97 Å². The number of carbonyl (C=O) groups is 1. The lowest BCUT2D eigenvalue weighted by atomic mass is 10.0. The Balaban J connectivity index is 1.77. The van der Waals surface area contributed by atoms with E-state index in [0.29, 0.717) is 29.5 Å². The average molecular weight is 558 g/mol. The highest BCUT2D eigenvalue weighted by Gasteiger charge is 2.30. The van der Waals surface area contributed by atoms with Crippen LogP contribution in [-0.4, -0.2) is 40.0 Å². The maximum Gasteiger partial charge on any atom is 0.268 e. The van der Waals surface area contributed by atoms with Gasteiger partial charge in [0.25, 0.3) is 10.0 Å². The summed E-state index contributed by atoms with van der Waals surface area (Å²) in [5.41, 5.74) is 2.04. The lowest BCUT2D eigenvalue weighted by Crippen LogP contribution is -2.15. The van der Waals surface area contributed by atoms with Crippen LogP contribution in [0.2, 0.25) is 0 Å². The third-order valence-corrected chi connectivity index (χ3v) is 8.24. The van der Waals surface area contributed by atoms with Gasteiger partial charge in [0, 0.05) is 10.9 Å². The van der Waals surface area contributed by atoms with Gasteiger partial charge in [0.2, 0.25) is 5.75 Å². The Bertz CT molecular complexity index is 1780. The van der Waals surface area contributed by atoms with Gasteiger partial charge in [-0.15, -0.1) is 0 Å². The maximum atomic E-state index is 14.1. The summed E-state index contributed by atoms with van der Waals surface area (Å²) < 4.78 is 52.1. The van der Waals surface area contributed by atoms with Crippen LogP contribution in [0.3, 0.4) is 0 Å². The predicted molar refractivity (Wildman–Crippen MR) is 152 cm³/mol. The van der Waals surface area contributed by atoms with Crippen molar-refractivity contribution < 1.29 is 32.2 Å². The maximum absolute atomic E-state index is 14.1. The molecular formula is C31H27NO7S. The standard InChI is InChI=1S/C31H27NO7S/c1-36-28-18-23(19-33)29(31(38-3)30(28)37-2)27-17-22-16-24(39-20-21-10-6-4-7-11-21)14-15-26(22)32(27)40(34,35)25-12-8-5-9-13-25/h4-19H,20H2,1-3H3. The number of methoxy groups -OCH3 is 3. The zero-order chi connectivity index (χ0) is 28.3. The smallest absolute Gasteiger partial charge is 0.268 e. The summed E-state index contributed by atoms with van der Waals surface area (Å²) in [5, 5.41) is 0.591. The van der Waals surface area contributed by atoms with Gasteiger partial charge in [-0.3, -0.25) is 4.79 Å². The van der Waals surface area contributed by atoms with E-state index in [1.165, 1.54) is 43.5 Å². The zero-order valence-corrected chi connectivity index (χ0v) is 23.0. The molecule has 1 aromatic heterocycles. The molecule has 5 rings (SSSR count). The van der Waals surface area contributed by atoms with E-state index in [-0.39, 0.29) is 39.0 Å². The molecule has 0 fully saturated rings. The van der Waals surface area contributed by atoms with Gasteiger partial charge in [-0.25, -0.2) is 12.4 Å². The minimum Gasteiger partial charge on any atom is -0.493 e. The van der Waals surface area contributed by atoms with Crippen molar-refractivity contribution in [3.63, 3.8) is 0 Å². The van der Waals surface area contributed by atoms with Crippen LogP contribution in [0.4, 0.5) is 0 Å². The van der Waals surface area contributed by atoms with Crippen molar-refractivity contribution in [3.8, 4) is 34.3 Å². The lowest BCUT2D eigenvalue weighted by molar-refractivity contribution is 0.112. The number of benzene rings is 4. The molecule has 0 aliphatic rings. The van der Waals surface area contributed by atoms with Gasteiger partial charge in [0.15, 0.2) is 17.8 Å². The Hall–Kier alpha value is -4.76. The third-order valence-electron chi connectivity index (χ3n) is 6.50. The Morgan fingerprint density at radius 1 is 0.775 bits per heavy atom. The number of carbonyl (C=O) groups excluding carboxylic acids is 1. The van der Waals surface area contributed by atoms with Crippen LogP contribution in [-0.2, 0) is 16.6 Å². The zero-order valence-electron chi connectivity index (χ0n) is 22.2. The summed E-state index contributed by atoms with van der Waals surface area (Å²) in [6.45, 7) is 0.348. The van der Waals surface area contributed by atoms with Crippen LogP contribution < -0.4 is 18.9 Å². The van der Waals surface area contributed by atoms with Gasteiger partial charge >= 0.3 is 0 Å². The van der Waals surface area contributed by atoms with Crippen molar-refractivity contribution in [2.75, 3.05) is 21.3 Å². The quantitative estimate of drug-likeness (QED) is 0.196. The summed E-state index contributed by atoms with van der Waals surface area (Å²) in [4.78, 5) is 12.4. The highest BCUT2D eigenvalue weighted by molar-refractivity contribution is 7.90. The molecule has 9 heteroatoms. The molecule has 0 unspecified atom stereocenters. The molecule has 1 heterocycles. The summed E-state index contributed by atoms with van der Waals surface area (Å²) in [5.74, 6) is 1.23. The first-order chi connectivity index (χ1) is 19.4. The van der Waals surface area contributed by atoms with E-state index in [0.717, 1.165) is 5.56 Å². The van der Waals surface area contributed by atoms with E-state index < -0.39 is 10.0 Å². The Morgan fingerprint density at radius 3 is 2.08 bits per heavy atom. The molecule has 0 atom stereocenters. The van der Waals surface area contributed by atoms with E-state index in [1.54, 1.807) is 42.5 Å². The first kappa shape index (κ1) is 26.8. The number of aromatic nitrogens is 1. The molecule has 0 spiro atoms. The van der Waals surface area contributed by atoms with Gasteiger partial charge in [0.1, 0.15) is 12.4 Å². The molecule has 4 aromatic carbocycles. The lowest BCUT2D eigenvalue weighted by Gasteiger charge is -2.19. The molecule has 0 saturated heterocycles. The third kappa shape index (κ3) is 4.76. The largest absolute Gasteiger partial charge is 0.493 e. The van der Waals surface area contributed by atoms with Gasteiger partial charge < -0.3 is 18.9 Å². The molecule has 0 aliphatic carbocycles. The monoisotopic (exact) mass is 557 g/mol. The molecule has 204 valence electrons. The number of nitrogens with zero attached hydrogens (tertiary/aromatic N) is 1. The van der Waals surface area contributed by atoms with Gasteiger partial charge in [0.05, 0.1) is 43.0 Å².